The maximum absolute atomic E-state index is 12.6. The van der Waals surface area contributed by atoms with Crippen molar-refractivity contribution in [2.24, 2.45) is 0 Å². The van der Waals surface area contributed by atoms with Crippen LogP contribution in [-0.4, -0.2) is 20.5 Å². The minimum Gasteiger partial charge on any atom is -0.495 e. The summed E-state index contributed by atoms with van der Waals surface area (Å²) < 4.78 is 33.0. The van der Waals surface area contributed by atoms with Crippen molar-refractivity contribution in [2.45, 2.75) is 39.1 Å². The number of aryl methyl sites for hydroxylation is 4. The summed E-state index contributed by atoms with van der Waals surface area (Å²) >= 11 is 1.50. The number of thiazole rings is 1. The van der Waals surface area contributed by atoms with E-state index in [4.69, 9.17) is 4.74 Å². The molecule has 0 fully saturated rings. The molecule has 0 bridgehead atoms. The monoisotopic (exact) mass is 340 g/mol. The van der Waals surface area contributed by atoms with Crippen molar-refractivity contribution >= 4 is 21.4 Å². The first-order valence-electron chi connectivity index (χ1n) is 6.82. The third-order valence-electron chi connectivity index (χ3n) is 3.49. The van der Waals surface area contributed by atoms with Crippen LogP contribution >= 0.6 is 11.3 Å². The van der Waals surface area contributed by atoms with Gasteiger partial charge in [-0.15, -0.1) is 11.3 Å². The molecule has 22 heavy (non-hydrogen) atoms. The normalized spacial score (nSPS) is 11.7. The number of aromatic nitrogens is 1. The largest absolute Gasteiger partial charge is 0.495 e. The highest BCUT2D eigenvalue weighted by Gasteiger charge is 2.21. The van der Waals surface area contributed by atoms with Gasteiger partial charge in [0, 0.05) is 11.4 Å². The van der Waals surface area contributed by atoms with Gasteiger partial charge >= 0.3 is 0 Å². The second kappa shape index (κ2) is 6.36. The lowest BCUT2D eigenvalue weighted by atomic mass is 10.1. The summed E-state index contributed by atoms with van der Waals surface area (Å²) in [5.41, 5.74) is 2.76. The highest BCUT2D eigenvalue weighted by Crippen LogP contribution is 2.27. The molecule has 5 nitrogen and oxygen atoms in total. The first-order chi connectivity index (χ1) is 10.2. The summed E-state index contributed by atoms with van der Waals surface area (Å²) in [4.78, 5) is 5.39. The summed E-state index contributed by atoms with van der Waals surface area (Å²) in [7, 11) is -2.17. The molecular formula is C15H20N2O3S2. The van der Waals surface area contributed by atoms with E-state index in [2.05, 4.69) is 9.71 Å². The first kappa shape index (κ1) is 16.9. The molecule has 2 rings (SSSR count). The fourth-order valence-corrected chi connectivity index (χ4v) is 4.31. The zero-order valence-corrected chi connectivity index (χ0v) is 15.0. The van der Waals surface area contributed by atoms with Gasteiger partial charge in [-0.2, -0.15) is 0 Å². The molecule has 0 aliphatic carbocycles. The Labute approximate surface area is 135 Å². The van der Waals surface area contributed by atoms with E-state index >= 15 is 0 Å². The molecule has 2 aromatic rings. The van der Waals surface area contributed by atoms with Gasteiger partial charge in [-0.05, 0) is 51.0 Å². The average Bonchev–Trinajstić information content (AvgIpc) is 2.77. The maximum atomic E-state index is 12.6. The quantitative estimate of drug-likeness (QED) is 0.909. The van der Waals surface area contributed by atoms with Crippen LogP contribution in [0.25, 0.3) is 0 Å². The number of nitrogens with zero attached hydrogens (tertiary/aromatic N) is 1. The van der Waals surface area contributed by atoms with E-state index in [0.29, 0.717) is 5.75 Å². The smallest absolute Gasteiger partial charge is 0.244 e. The van der Waals surface area contributed by atoms with Gasteiger partial charge in [-0.25, -0.2) is 18.1 Å². The summed E-state index contributed by atoms with van der Waals surface area (Å²) in [6.07, 6.45) is 0. The third kappa shape index (κ3) is 3.48. The zero-order valence-electron chi connectivity index (χ0n) is 13.4. The summed E-state index contributed by atoms with van der Waals surface area (Å²) in [6.45, 7) is 7.82. The predicted molar refractivity (Wildman–Crippen MR) is 88.1 cm³/mol. The van der Waals surface area contributed by atoms with Crippen molar-refractivity contribution in [1.29, 1.82) is 0 Å². The Balaban J connectivity index is 2.31. The van der Waals surface area contributed by atoms with Gasteiger partial charge in [0.15, 0.2) is 0 Å². The molecule has 0 aliphatic rings. The van der Waals surface area contributed by atoms with Crippen molar-refractivity contribution < 1.29 is 13.2 Å². The van der Waals surface area contributed by atoms with Crippen LogP contribution in [0, 0.1) is 27.7 Å². The van der Waals surface area contributed by atoms with E-state index in [9.17, 15) is 8.42 Å². The molecule has 1 N–H and O–H groups in total. The van der Waals surface area contributed by atoms with Crippen LogP contribution in [0.3, 0.4) is 0 Å². The molecule has 1 aromatic heterocycles. The lowest BCUT2D eigenvalue weighted by Gasteiger charge is -2.13. The zero-order chi connectivity index (χ0) is 16.5. The van der Waals surface area contributed by atoms with Crippen molar-refractivity contribution in [3.8, 4) is 5.75 Å². The molecule has 0 unspecified atom stereocenters. The highest BCUT2D eigenvalue weighted by atomic mass is 32.2. The van der Waals surface area contributed by atoms with Crippen molar-refractivity contribution in [3.05, 3.63) is 38.8 Å². The Morgan fingerprint density at radius 2 is 1.82 bits per heavy atom. The van der Waals surface area contributed by atoms with Gasteiger partial charge in [0.1, 0.15) is 10.6 Å². The third-order valence-corrected chi connectivity index (χ3v) is 5.99. The van der Waals surface area contributed by atoms with Gasteiger partial charge in [0.25, 0.3) is 0 Å². The van der Waals surface area contributed by atoms with Crippen LogP contribution in [0.4, 0.5) is 0 Å². The molecule has 0 saturated carbocycles. The van der Waals surface area contributed by atoms with Gasteiger partial charge < -0.3 is 4.74 Å². The van der Waals surface area contributed by atoms with Crippen LogP contribution in [0.1, 0.15) is 26.7 Å². The van der Waals surface area contributed by atoms with Gasteiger partial charge in [0.05, 0.1) is 17.8 Å². The van der Waals surface area contributed by atoms with Crippen LogP contribution in [-0.2, 0) is 16.6 Å². The van der Waals surface area contributed by atoms with E-state index in [1.165, 1.54) is 18.4 Å². The average molecular weight is 340 g/mol. The van der Waals surface area contributed by atoms with Gasteiger partial charge in [-0.3, -0.25) is 0 Å². The molecular weight excluding hydrogens is 320 g/mol. The van der Waals surface area contributed by atoms with Crippen molar-refractivity contribution in [1.82, 2.24) is 9.71 Å². The predicted octanol–water partition coefficient (Wildman–Crippen LogP) is 2.86. The van der Waals surface area contributed by atoms with Gasteiger partial charge in [-0.1, -0.05) is 0 Å². The van der Waals surface area contributed by atoms with Crippen LogP contribution in [0.2, 0.25) is 0 Å². The Kier molecular flexibility index (Phi) is 4.89. The number of nitrogens with one attached hydrogen (secondary N) is 1. The molecule has 0 atom stereocenters. The molecule has 0 aliphatic heterocycles. The molecule has 1 aromatic carbocycles. The molecule has 0 radical (unpaired) electrons. The second-order valence-electron chi connectivity index (χ2n) is 5.15. The number of benzene rings is 1. The summed E-state index contributed by atoms with van der Waals surface area (Å²) in [5, 5.41) is 0.926. The summed E-state index contributed by atoms with van der Waals surface area (Å²) in [5.74, 6) is 0.354. The Morgan fingerprint density at radius 3 is 2.36 bits per heavy atom. The van der Waals surface area contributed by atoms with E-state index < -0.39 is 10.0 Å². The SMILES string of the molecule is COc1cc(C)c(C)cc1S(=O)(=O)NCc1sc(C)nc1C. The van der Waals surface area contributed by atoms with Crippen molar-refractivity contribution in [3.63, 3.8) is 0 Å². The van der Waals surface area contributed by atoms with Gasteiger partial charge in [0.2, 0.25) is 10.0 Å². The Morgan fingerprint density at radius 1 is 1.18 bits per heavy atom. The molecule has 7 heteroatoms. The molecule has 1 heterocycles. The Hall–Kier alpha value is -1.44. The van der Waals surface area contributed by atoms with Crippen LogP contribution in [0.15, 0.2) is 17.0 Å². The minimum absolute atomic E-state index is 0.164. The fourth-order valence-electron chi connectivity index (χ4n) is 2.11. The fraction of sp³-hybridized carbons (Fsp3) is 0.400. The standard InChI is InChI=1S/C15H20N2O3S2/c1-9-6-13(20-5)15(7-10(9)2)22(18,19)16-8-14-11(3)17-12(4)21-14/h6-7,16H,8H2,1-5H3. The number of rotatable bonds is 5. The van der Waals surface area contributed by atoms with Crippen LogP contribution < -0.4 is 9.46 Å². The molecule has 0 spiro atoms. The van der Waals surface area contributed by atoms with E-state index in [1.54, 1.807) is 12.1 Å². The van der Waals surface area contributed by atoms with Crippen LogP contribution in [0.5, 0.6) is 5.75 Å². The lowest BCUT2D eigenvalue weighted by molar-refractivity contribution is 0.402. The van der Waals surface area contributed by atoms with E-state index in [1.807, 2.05) is 27.7 Å². The Bertz CT molecular complexity index is 795. The lowest BCUT2D eigenvalue weighted by Crippen LogP contribution is -2.24. The summed E-state index contributed by atoms with van der Waals surface area (Å²) in [6, 6.07) is 3.38. The van der Waals surface area contributed by atoms with E-state index in [-0.39, 0.29) is 11.4 Å². The number of hydrogen-bond acceptors (Lipinski definition) is 5. The number of methoxy groups -OCH3 is 1. The second-order valence-corrected chi connectivity index (χ2v) is 8.18. The topological polar surface area (TPSA) is 68.3 Å². The molecule has 120 valence electrons. The maximum Gasteiger partial charge on any atom is 0.244 e. The number of sulfonamides is 1. The molecule has 0 saturated heterocycles. The highest BCUT2D eigenvalue weighted by molar-refractivity contribution is 7.89. The number of hydrogen-bond donors (Lipinski definition) is 1. The first-order valence-corrected chi connectivity index (χ1v) is 9.12. The number of ether oxygens (including phenoxy) is 1. The molecule has 0 amide bonds. The van der Waals surface area contributed by atoms with E-state index in [0.717, 1.165) is 26.7 Å². The minimum atomic E-state index is -3.64. The van der Waals surface area contributed by atoms with Crippen molar-refractivity contribution in [2.75, 3.05) is 7.11 Å².